The third kappa shape index (κ3) is 10.1. The van der Waals surface area contributed by atoms with E-state index in [1.807, 2.05) is 0 Å². The van der Waals surface area contributed by atoms with Crippen LogP contribution in [0.15, 0.2) is 0 Å². The Balaban J connectivity index is 4.99. The van der Waals surface area contributed by atoms with Gasteiger partial charge in [-0.2, -0.15) is 0 Å². The topological polar surface area (TPSA) is 46.5 Å². The van der Waals surface area contributed by atoms with Crippen LogP contribution in [0.4, 0.5) is 0 Å². The number of carbonyl (C=O) groups excluding carboxylic acids is 1. The lowest BCUT2D eigenvalue weighted by Crippen LogP contribution is -2.42. The first-order valence-electron chi connectivity index (χ1n) is 8.53. The van der Waals surface area contributed by atoms with Gasteiger partial charge in [0.1, 0.15) is 6.61 Å². The van der Waals surface area contributed by atoms with E-state index in [0.29, 0.717) is 17.8 Å². The van der Waals surface area contributed by atoms with Gasteiger partial charge in [-0.15, -0.1) is 0 Å². The SMILES string of the molecule is CC(C)CC[Si](CCC(C)C)(CCC(C)C)OC(=O)CO. The van der Waals surface area contributed by atoms with Crippen molar-refractivity contribution in [2.45, 2.75) is 78.9 Å². The second-order valence-corrected chi connectivity index (χ2v) is 11.7. The van der Waals surface area contributed by atoms with Gasteiger partial charge in [0.2, 0.25) is 0 Å². The highest BCUT2D eigenvalue weighted by molar-refractivity contribution is 6.75. The van der Waals surface area contributed by atoms with E-state index in [0.717, 1.165) is 37.4 Å². The van der Waals surface area contributed by atoms with E-state index >= 15 is 0 Å². The van der Waals surface area contributed by atoms with Gasteiger partial charge in [0.25, 0.3) is 8.32 Å². The van der Waals surface area contributed by atoms with Crippen LogP contribution in [0.3, 0.4) is 0 Å². The molecule has 0 unspecified atom stereocenters. The van der Waals surface area contributed by atoms with E-state index in [-0.39, 0.29) is 0 Å². The monoisotopic (exact) mass is 316 g/mol. The molecule has 21 heavy (non-hydrogen) atoms. The lowest BCUT2D eigenvalue weighted by atomic mass is 10.2. The summed E-state index contributed by atoms with van der Waals surface area (Å²) in [6.45, 7) is 12.8. The zero-order chi connectivity index (χ0) is 16.5. The van der Waals surface area contributed by atoms with Crippen LogP contribution < -0.4 is 0 Å². The second kappa shape index (κ2) is 10.4. The fourth-order valence-electron chi connectivity index (χ4n) is 2.46. The summed E-state index contributed by atoms with van der Waals surface area (Å²) in [7, 11) is -2.08. The first kappa shape index (κ1) is 20.6. The number of hydrogen-bond donors (Lipinski definition) is 1. The highest BCUT2D eigenvalue weighted by Gasteiger charge is 2.37. The van der Waals surface area contributed by atoms with Crippen LogP contribution in [0.25, 0.3) is 0 Å². The van der Waals surface area contributed by atoms with Crippen molar-refractivity contribution in [2.24, 2.45) is 17.8 Å². The molecule has 0 bridgehead atoms. The Morgan fingerprint density at radius 1 is 0.857 bits per heavy atom. The van der Waals surface area contributed by atoms with Crippen molar-refractivity contribution < 1.29 is 14.3 Å². The summed E-state index contributed by atoms with van der Waals surface area (Å²) in [5.74, 6) is 1.46. The molecular weight excluding hydrogens is 280 g/mol. The molecule has 0 radical (unpaired) electrons. The molecule has 0 atom stereocenters. The zero-order valence-corrected chi connectivity index (χ0v) is 15.9. The Bertz CT molecular complexity index is 256. The summed E-state index contributed by atoms with van der Waals surface area (Å²) < 4.78 is 5.89. The summed E-state index contributed by atoms with van der Waals surface area (Å²) in [4.78, 5) is 11.7. The van der Waals surface area contributed by atoms with Gasteiger partial charge in [0.05, 0.1) is 0 Å². The fourth-order valence-corrected chi connectivity index (χ4v) is 7.37. The van der Waals surface area contributed by atoms with Gasteiger partial charge in [-0.25, -0.2) is 0 Å². The fraction of sp³-hybridized carbons (Fsp3) is 0.941. The van der Waals surface area contributed by atoms with Gasteiger partial charge < -0.3 is 9.53 Å². The van der Waals surface area contributed by atoms with Crippen molar-refractivity contribution in [3.63, 3.8) is 0 Å². The highest BCUT2D eigenvalue weighted by Crippen LogP contribution is 2.32. The van der Waals surface area contributed by atoms with Crippen LogP contribution in [0.5, 0.6) is 0 Å². The summed E-state index contributed by atoms with van der Waals surface area (Å²) in [5.41, 5.74) is 0. The van der Waals surface area contributed by atoms with E-state index in [1.165, 1.54) is 0 Å². The Morgan fingerprint density at radius 2 is 1.19 bits per heavy atom. The van der Waals surface area contributed by atoms with Gasteiger partial charge in [0, 0.05) is 0 Å². The smallest absolute Gasteiger partial charge is 0.318 e. The standard InChI is InChI=1S/C17H36O3Si/c1-14(2)7-10-21(11-8-15(3)4,12-9-16(5)6)20-17(19)13-18/h14-16,18H,7-13H2,1-6H3. The number of rotatable bonds is 11. The Morgan fingerprint density at radius 3 is 1.43 bits per heavy atom. The number of aliphatic hydroxyl groups excluding tert-OH is 1. The molecule has 126 valence electrons. The summed E-state index contributed by atoms with van der Waals surface area (Å²) in [6.07, 6.45) is 3.34. The largest absolute Gasteiger partial charge is 0.517 e. The summed E-state index contributed by atoms with van der Waals surface area (Å²) >= 11 is 0. The van der Waals surface area contributed by atoms with Gasteiger partial charge in [-0.05, 0) is 35.9 Å². The number of hydrogen-bond acceptors (Lipinski definition) is 3. The van der Waals surface area contributed by atoms with E-state index in [4.69, 9.17) is 9.53 Å². The normalized spacial score (nSPS) is 12.5. The molecule has 0 heterocycles. The molecule has 0 saturated heterocycles. The molecule has 0 amide bonds. The summed E-state index contributed by atoms with van der Waals surface area (Å²) in [5, 5.41) is 9.08. The highest BCUT2D eigenvalue weighted by atomic mass is 28.4. The minimum Gasteiger partial charge on any atom is -0.517 e. The van der Waals surface area contributed by atoms with Crippen LogP contribution in [0, 0.1) is 17.8 Å². The van der Waals surface area contributed by atoms with Gasteiger partial charge >= 0.3 is 5.97 Å². The Kier molecular flexibility index (Phi) is 10.2. The molecule has 1 N–H and O–H groups in total. The summed E-state index contributed by atoms with van der Waals surface area (Å²) in [6, 6.07) is 3.11. The molecule has 0 saturated carbocycles. The maximum Gasteiger partial charge on any atom is 0.318 e. The van der Waals surface area contributed by atoms with Crippen LogP contribution in [0.1, 0.15) is 60.8 Å². The molecule has 0 aliphatic carbocycles. The number of aliphatic hydroxyl groups is 1. The molecule has 0 aliphatic rings. The molecule has 4 heteroatoms. The van der Waals surface area contributed by atoms with Crippen molar-refractivity contribution in [1.29, 1.82) is 0 Å². The predicted molar refractivity (Wildman–Crippen MR) is 91.7 cm³/mol. The van der Waals surface area contributed by atoms with E-state index < -0.39 is 20.9 Å². The van der Waals surface area contributed by atoms with Crippen LogP contribution in [-0.4, -0.2) is 26.0 Å². The second-order valence-electron chi connectivity index (χ2n) is 7.61. The predicted octanol–water partition coefficient (Wildman–Crippen LogP) is 4.61. The van der Waals surface area contributed by atoms with Crippen LogP contribution in [0.2, 0.25) is 18.1 Å². The zero-order valence-electron chi connectivity index (χ0n) is 14.9. The minimum absolute atomic E-state index is 0.419. The molecule has 0 aliphatic heterocycles. The molecule has 0 rings (SSSR count). The lowest BCUT2D eigenvalue weighted by molar-refractivity contribution is -0.138. The average molecular weight is 317 g/mol. The van der Waals surface area contributed by atoms with Crippen LogP contribution in [-0.2, 0) is 9.22 Å². The molecule has 0 spiro atoms. The van der Waals surface area contributed by atoms with Crippen molar-refractivity contribution in [2.75, 3.05) is 6.61 Å². The maximum absolute atomic E-state index is 11.7. The van der Waals surface area contributed by atoms with Crippen molar-refractivity contribution in [1.82, 2.24) is 0 Å². The van der Waals surface area contributed by atoms with Gasteiger partial charge in [-0.3, -0.25) is 4.79 Å². The van der Waals surface area contributed by atoms with Crippen LogP contribution >= 0.6 is 0 Å². The molecule has 0 aromatic heterocycles. The van der Waals surface area contributed by atoms with E-state index in [1.54, 1.807) is 0 Å². The third-order valence-electron chi connectivity index (χ3n) is 3.99. The van der Waals surface area contributed by atoms with Crippen molar-refractivity contribution in [3.05, 3.63) is 0 Å². The quantitative estimate of drug-likeness (QED) is 0.566. The molecule has 0 aromatic rings. The Labute approximate surface area is 132 Å². The van der Waals surface area contributed by atoms with Gasteiger partial charge in [0.15, 0.2) is 0 Å². The third-order valence-corrected chi connectivity index (χ3v) is 8.25. The molecule has 0 fully saturated rings. The molecule has 0 aromatic carbocycles. The van der Waals surface area contributed by atoms with Gasteiger partial charge in [-0.1, -0.05) is 60.8 Å². The first-order chi connectivity index (χ1) is 9.70. The van der Waals surface area contributed by atoms with Crippen molar-refractivity contribution in [3.8, 4) is 0 Å². The Hall–Kier alpha value is -0.353. The average Bonchev–Trinajstić information content (AvgIpc) is 2.40. The van der Waals surface area contributed by atoms with E-state index in [2.05, 4.69) is 41.5 Å². The van der Waals surface area contributed by atoms with Crippen molar-refractivity contribution >= 4 is 14.3 Å². The maximum atomic E-state index is 11.7. The number of carbonyl (C=O) groups is 1. The lowest BCUT2D eigenvalue weighted by Gasteiger charge is -2.33. The van der Waals surface area contributed by atoms with E-state index in [9.17, 15) is 4.79 Å². The minimum atomic E-state index is -2.08. The molecular formula is C17H36O3Si. The first-order valence-corrected chi connectivity index (χ1v) is 11.1. The molecule has 3 nitrogen and oxygen atoms in total.